The van der Waals surface area contributed by atoms with Gasteiger partial charge in [0.25, 0.3) is 5.91 Å². The molecule has 0 fully saturated rings. The minimum absolute atomic E-state index is 0.0637. The summed E-state index contributed by atoms with van der Waals surface area (Å²) >= 11 is 0. The van der Waals surface area contributed by atoms with Crippen molar-refractivity contribution in [3.63, 3.8) is 0 Å². The zero-order valence-corrected chi connectivity index (χ0v) is 17.3. The Kier molecular flexibility index (Phi) is 7.35. The van der Waals surface area contributed by atoms with Crippen molar-refractivity contribution in [3.8, 4) is 0 Å². The van der Waals surface area contributed by atoms with Crippen molar-refractivity contribution in [2.24, 2.45) is 0 Å². The first kappa shape index (κ1) is 21.3. The molecule has 3 aromatic carbocycles. The van der Waals surface area contributed by atoms with Crippen LogP contribution in [0.15, 0.2) is 84.9 Å². The molecule has 0 saturated heterocycles. The summed E-state index contributed by atoms with van der Waals surface area (Å²) in [5, 5.41) is 6.09. The molecule has 5 heteroatoms. The van der Waals surface area contributed by atoms with Gasteiger partial charge in [0, 0.05) is 29.5 Å². The average Bonchev–Trinajstić information content (AvgIpc) is 2.79. The summed E-state index contributed by atoms with van der Waals surface area (Å²) in [6.07, 6.45) is 0. The van der Waals surface area contributed by atoms with E-state index in [1.807, 2.05) is 74.5 Å². The van der Waals surface area contributed by atoms with E-state index in [9.17, 15) is 9.59 Å². The summed E-state index contributed by atoms with van der Waals surface area (Å²) < 4.78 is 0. The zero-order chi connectivity index (χ0) is 21.3. The van der Waals surface area contributed by atoms with Crippen molar-refractivity contribution in [3.05, 3.63) is 96.1 Å². The molecule has 0 aliphatic heterocycles. The van der Waals surface area contributed by atoms with Crippen LogP contribution in [0.2, 0.25) is 0 Å². The van der Waals surface area contributed by atoms with Crippen molar-refractivity contribution in [1.29, 1.82) is 0 Å². The van der Waals surface area contributed by atoms with Crippen molar-refractivity contribution in [2.45, 2.75) is 19.9 Å². The van der Waals surface area contributed by atoms with Crippen LogP contribution in [0.3, 0.4) is 0 Å². The molecule has 2 N–H and O–H groups in total. The van der Waals surface area contributed by atoms with Gasteiger partial charge in [-0.05, 0) is 49.7 Å². The summed E-state index contributed by atoms with van der Waals surface area (Å²) in [5.41, 5.74) is 3.10. The Bertz CT molecular complexity index is 974. The number of hydrogen-bond acceptors (Lipinski definition) is 3. The number of amides is 2. The first-order valence-corrected chi connectivity index (χ1v) is 10.1. The van der Waals surface area contributed by atoms with Crippen LogP contribution in [0, 0.1) is 0 Å². The molecule has 154 valence electrons. The molecule has 5 nitrogen and oxygen atoms in total. The van der Waals surface area contributed by atoms with E-state index in [1.54, 1.807) is 29.2 Å². The number of anilines is 2. The predicted molar refractivity (Wildman–Crippen MR) is 122 cm³/mol. The summed E-state index contributed by atoms with van der Waals surface area (Å²) in [4.78, 5) is 27.1. The molecule has 0 aliphatic rings. The maximum absolute atomic E-state index is 13.0. The molecule has 2 amide bonds. The Hall–Kier alpha value is -3.44. The third-order valence-corrected chi connectivity index (χ3v) is 4.89. The molecule has 3 aromatic rings. The van der Waals surface area contributed by atoms with Gasteiger partial charge in [-0.25, -0.2) is 0 Å². The Morgan fingerprint density at radius 2 is 1.57 bits per heavy atom. The number of nitrogens with zero attached hydrogens (tertiary/aromatic N) is 1. The van der Waals surface area contributed by atoms with Gasteiger partial charge in [-0.2, -0.15) is 0 Å². The number of benzene rings is 3. The van der Waals surface area contributed by atoms with Gasteiger partial charge >= 0.3 is 0 Å². The Morgan fingerprint density at radius 3 is 2.23 bits per heavy atom. The fourth-order valence-corrected chi connectivity index (χ4v) is 3.25. The molecule has 0 bridgehead atoms. The molecule has 0 spiro atoms. The lowest BCUT2D eigenvalue weighted by Crippen LogP contribution is -2.31. The highest BCUT2D eigenvalue weighted by Gasteiger charge is 2.16. The maximum Gasteiger partial charge on any atom is 0.258 e. The van der Waals surface area contributed by atoms with E-state index in [4.69, 9.17) is 0 Å². The van der Waals surface area contributed by atoms with Crippen LogP contribution in [0.4, 0.5) is 11.4 Å². The van der Waals surface area contributed by atoms with E-state index in [-0.39, 0.29) is 24.4 Å². The standard InChI is InChI=1S/C25H27N3O2/c1-3-28(23-15-8-5-9-16-23)25(30)21-13-10-14-22(17-21)27-24(29)18-26-19(2)20-11-6-4-7-12-20/h4-17,19,26H,3,18H2,1-2H3,(H,27,29). The van der Waals surface area contributed by atoms with E-state index in [2.05, 4.69) is 10.6 Å². The van der Waals surface area contributed by atoms with Crippen LogP contribution in [0.5, 0.6) is 0 Å². The number of carbonyl (C=O) groups excluding carboxylic acids is 2. The second-order valence-electron chi connectivity index (χ2n) is 7.03. The lowest BCUT2D eigenvalue weighted by molar-refractivity contribution is -0.115. The molecule has 0 heterocycles. The predicted octanol–water partition coefficient (Wildman–Crippen LogP) is 4.64. The van der Waals surface area contributed by atoms with Gasteiger partial charge in [-0.3, -0.25) is 9.59 Å². The Balaban J connectivity index is 1.62. The van der Waals surface area contributed by atoms with Crippen LogP contribution in [0.25, 0.3) is 0 Å². The molecule has 3 rings (SSSR count). The normalized spacial score (nSPS) is 11.5. The van der Waals surface area contributed by atoms with Gasteiger partial charge in [-0.1, -0.05) is 54.6 Å². The van der Waals surface area contributed by atoms with E-state index < -0.39 is 0 Å². The van der Waals surface area contributed by atoms with Gasteiger partial charge < -0.3 is 15.5 Å². The van der Waals surface area contributed by atoms with Gasteiger partial charge in [0.1, 0.15) is 0 Å². The molecule has 0 aliphatic carbocycles. The highest BCUT2D eigenvalue weighted by molar-refractivity contribution is 6.07. The second kappa shape index (κ2) is 10.4. The maximum atomic E-state index is 13.0. The molecular formula is C25H27N3O2. The molecule has 1 atom stereocenters. The highest BCUT2D eigenvalue weighted by Crippen LogP contribution is 2.19. The molecule has 1 unspecified atom stereocenters. The third kappa shape index (κ3) is 5.55. The van der Waals surface area contributed by atoms with E-state index in [1.165, 1.54) is 0 Å². The van der Waals surface area contributed by atoms with Crippen molar-refractivity contribution in [2.75, 3.05) is 23.3 Å². The van der Waals surface area contributed by atoms with E-state index >= 15 is 0 Å². The van der Waals surface area contributed by atoms with Gasteiger partial charge in [0.05, 0.1) is 6.54 Å². The van der Waals surface area contributed by atoms with E-state index in [0.717, 1.165) is 11.3 Å². The minimum Gasteiger partial charge on any atom is -0.325 e. The SMILES string of the molecule is CCN(C(=O)c1cccc(NC(=O)CNC(C)c2ccccc2)c1)c1ccccc1. The monoisotopic (exact) mass is 401 g/mol. The molecule has 0 aromatic heterocycles. The largest absolute Gasteiger partial charge is 0.325 e. The fraction of sp³-hybridized carbons (Fsp3) is 0.200. The number of carbonyl (C=O) groups is 2. The lowest BCUT2D eigenvalue weighted by Gasteiger charge is -2.21. The van der Waals surface area contributed by atoms with Crippen LogP contribution < -0.4 is 15.5 Å². The first-order chi connectivity index (χ1) is 14.6. The first-order valence-electron chi connectivity index (χ1n) is 10.1. The number of rotatable bonds is 8. The number of hydrogen-bond donors (Lipinski definition) is 2. The van der Waals surface area contributed by atoms with Crippen LogP contribution in [-0.2, 0) is 4.79 Å². The smallest absolute Gasteiger partial charge is 0.258 e. The van der Waals surface area contributed by atoms with Crippen LogP contribution in [0.1, 0.15) is 35.8 Å². The average molecular weight is 402 g/mol. The molecule has 0 saturated carbocycles. The van der Waals surface area contributed by atoms with E-state index in [0.29, 0.717) is 17.8 Å². The van der Waals surface area contributed by atoms with Crippen molar-refractivity contribution < 1.29 is 9.59 Å². The van der Waals surface area contributed by atoms with Crippen molar-refractivity contribution >= 4 is 23.2 Å². The summed E-state index contributed by atoms with van der Waals surface area (Å²) in [6, 6.07) is 26.6. The highest BCUT2D eigenvalue weighted by atomic mass is 16.2. The quantitative estimate of drug-likeness (QED) is 0.578. The molecular weight excluding hydrogens is 374 g/mol. The van der Waals surface area contributed by atoms with Crippen molar-refractivity contribution in [1.82, 2.24) is 5.32 Å². The fourth-order valence-electron chi connectivity index (χ4n) is 3.25. The Morgan fingerprint density at radius 1 is 0.900 bits per heavy atom. The van der Waals surface area contributed by atoms with Crippen LogP contribution >= 0.6 is 0 Å². The molecule has 30 heavy (non-hydrogen) atoms. The van der Waals surface area contributed by atoms with Gasteiger partial charge in [-0.15, -0.1) is 0 Å². The topological polar surface area (TPSA) is 61.4 Å². The molecule has 0 radical (unpaired) electrons. The Labute approximate surface area is 177 Å². The summed E-state index contributed by atoms with van der Waals surface area (Å²) in [6.45, 7) is 4.70. The number of para-hydroxylation sites is 1. The zero-order valence-electron chi connectivity index (χ0n) is 17.3. The summed E-state index contributed by atoms with van der Waals surface area (Å²) in [7, 11) is 0. The summed E-state index contributed by atoms with van der Waals surface area (Å²) in [5.74, 6) is -0.256. The third-order valence-electron chi connectivity index (χ3n) is 4.89. The van der Waals surface area contributed by atoms with Gasteiger partial charge in [0.15, 0.2) is 0 Å². The second-order valence-corrected chi connectivity index (χ2v) is 7.03. The minimum atomic E-state index is -0.155. The lowest BCUT2D eigenvalue weighted by atomic mass is 10.1. The number of nitrogens with one attached hydrogen (secondary N) is 2. The van der Waals surface area contributed by atoms with Gasteiger partial charge in [0.2, 0.25) is 5.91 Å². The van der Waals surface area contributed by atoms with Crippen LogP contribution in [-0.4, -0.2) is 24.9 Å².